The van der Waals surface area contributed by atoms with E-state index in [-0.39, 0.29) is 5.41 Å². The molecule has 0 aromatic heterocycles. The summed E-state index contributed by atoms with van der Waals surface area (Å²) in [6, 6.07) is 0.554. The fourth-order valence-electron chi connectivity index (χ4n) is 4.26. The van der Waals surface area contributed by atoms with Crippen LogP contribution in [0.2, 0.25) is 0 Å². The fraction of sp³-hybridized carbons (Fsp3) is 0.867. The molecule has 2 heteroatoms. The molecule has 0 aromatic rings. The summed E-state index contributed by atoms with van der Waals surface area (Å²) in [6.07, 6.45) is 9.82. The van der Waals surface area contributed by atoms with Crippen molar-refractivity contribution in [3.8, 4) is 0 Å². The number of hydrazine groups is 1. The minimum atomic E-state index is 0.265. The first kappa shape index (κ1) is 13.1. The van der Waals surface area contributed by atoms with Crippen LogP contribution in [-0.4, -0.2) is 17.6 Å². The molecule has 0 aromatic carbocycles. The van der Waals surface area contributed by atoms with Crippen LogP contribution in [0.1, 0.15) is 53.4 Å². The Morgan fingerprint density at radius 2 is 1.88 bits per heavy atom. The van der Waals surface area contributed by atoms with E-state index in [0.29, 0.717) is 17.4 Å². The van der Waals surface area contributed by atoms with Crippen molar-refractivity contribution < 1.29 is 0 Å². The lowest BCUT2D eigenvalue weighted by Crippen LogP contribution is -2.56. The van der Waals surface area contributed by atoms with E-state index in [0.717, 1.165) is 6.54 Å². The van der Waals surface area contributed by atoms with Crippen molar-refractivity contribution in [2.24, 2.45) is 22.6 Å². The molecule has 0 amide bonds. The van der Waals surface area contributed by atoms with Crippen LogP contribution in [0, 0.1) is 16.7 Å². The standard InChI is InChI=1S/C15H28N2/c1-14(2)9-7-10-15(3,4)13(14)12-8-5-6-11-17(12)16/h7,9,12-13H,5-6,8,10-11,16H2,1-4H3. The van der Waals surface area contributed by atoms with Crippen molar-refractivity contribution in [2.45, 2.75) is 59.4 Å². The molecule has 2 unspecified atom stereocenters. The van der Waals surface area contributed by atoms with Gasteiger partial charge in [-0.2, -0.15) is 0 Å². The van der Waals surface area contributed by atoms with E-state index in [1.54, 1.807) is 0 Å². The van der Waals surface area contributed by atoms with Crippen LogP contribution in [0.5, 0.6) is 0 Å². The van der Waals surface area contributed by atoms with E-state index in [2.05, 4.69) is 44.9 Å². The molecular formula is C15H28N2. The van der Waals surface area contributed by atoms with E-state index in [1.165, 1.54) is 25.7 Å². The Hall–Kier alpha value is -0.340. The van der Waals surface area contributed by atoms with Crippen LogP contribution < -0.4 is 5.84 Å². The third-order valence-corrected chi connectivity index (χ3v) is 4.81. The number of rotatable bonds is 1. The molecule has 2 aliphatic rings. The summed E-state index contributed by atoms with van der Waals surface area (Å²) >= 11 is 0. The largest absolute Gasteiger partial charge is 0.269 e. The van der Waals surface area contributed by atoms with Gasteiger partial charge in [-0.15, -0.1) is 0 Å². The maximum absolute atomic E-state index is 6.26. The Morgan fingerprint density at radius 1 is 1.18 bits per heavy atom. The van der Waals surface area contributed by atoms with Crippen molar-refractivity contribution in [1.29, 1.82) is 0 Å². The lowest BCUT2D eigenvalue weighted by atomic mass is 9.56. The molecule has 0 radical (unpaired) electrons. The van der Waals surface area contributed by atoms with Gasteiger partial charge in [-0.1, -0.05) is 46.3 Å². The quantitative estimate of drug-likeness (QED) is 0.559. The first-order chi connectivity index (χ1) is 7.84. The van der Waals surface area contributed by atoms with E-state index in [1.807, 2.05) is 0 Å². The van der Waals surface area contributed by atoms with Gasteiger partial charge in [-0.3, -0.25) is 5.84 Å². The Bertz CT molecular complexity index is 304. The van der Waals surface area contributed by atoms with Gasteiger partial charge in [0, 0.05) is 12.6 Å². The first-order valence-electron chi connectivity index (χ1n) is 7.04. The van der Waals surface area contributed by atoms with Gasteiger partial charge in [-0.05, 0) is 36.0 Å². The summed E-state index contributed by atoms with van der Waals surface area (Å²) in [5.41, 5.74) is 0.624. The van der Waals surface area contributed by atoms with Gasteiger partial charge in [0.25, 0.3) is 0 Å². The maximum atomic E-state index is 6.26. The smallest absolute Gasteiger partial charge is 0.0282 e. The molecule has 0 saturated carbocycles. The van der Waals surface area contributed by atoms with Gasteiger partial charge >= 0.3 is 0 Å². The molecule has 17 heavy (non-hydrogen) atoms. The Balaban J connectivity index is 2.29. The Labute approximate surface area is 106 Å². The zero-order valence-corrected chi connectivity index (χ0v) is 11.9. The third kappa shape index (κ3) is 2.43. The average Bonchev–Trinajstić information content (AvgIpc) is 2.18. The second kappa shape index (κ2) is 4.40. The highest BCUT2D eigenvalue weighted by Crippen LogP contribution is 2.51. The topological polar surface area (TPSA) is 29.3 Å². The number of nitrogens with two attached hydrogens (primary N) is 1. The number of hydrogen-bond donors (Lipinski definition) is 1. The first-order valence-corrected chi connectivity index (χ1v) is 7.04. The zero-order chi connectivity index (χ0) is 12.7. The summed E-state index contributed by atoms with van der Waals surface area (Å²) in [6.45, 7) is 10.6. The highest BCUT2D eigenvalue weighted by molar-refractivity contribution is 5.12. The van der Waals surface area contributed by atoms with E-state index >= 15 is 0 Å². The van der Waals surface area contributed by atoms with Gasteiger partial charge in [0.2, 0.25) is 0 Å². The fourth-order valence-corrected chi connectivity index (χ4v) is 4.26. The molecule has 0 spiro atoms. The molecular weight excluding hydrogens is 208 g/mol. The average molecular weight is 236 g/mol. The second-order valence-electron chi connectivity index (χ2n) is 7.20. The summed E-state index contributed by atoms with van der Waals surface area (Å²) < 4.78 is 0. The van der Waals surface area contributed by atoms with Crippen LogP contribution >= 0.6 is 0 Å². The van der Waals surface area contributed by atoms with Gasteiger partial charge in [0.15, 0.2) is 0 Å². The number of piperidine rings is 1. The monoisotopic (exact) mass is 236 g/mol. The van der Waals surface area contributed by atoms with Gasteiger partial charge < -0.3 is 0 Å². The van der Waals surface area contributed by atoms with Crippen molar-refractivity contribution in [3.05, 3.63) is 12.2 Å². The Kier molecular flexibility index (Phi) is 3.39. The molecule has 2 nitrogen and oxygen atoms in total. The van der Waals surface area contributed by atoms with E-state index in [4.69, 9.17) is 5.84 Å². The van der Waals surface area contributed by atoms with Crippen molar-refractivity contribution >= 4 is 0 Å². The molecule has 2 N–H and O–H groups in total. The maximum Gasteiger partial charge on any atom is 0.0282 e. The number of hydrogen-bond acceptors (Lipinski definition) is 2. The second-order valence-corrected chi connectivity index (χ2v) is 7.20. The predicted octanol–water partition coefficient (Wildman–Crippen LogP) is 3.34. The summed E-state index contributed by atoms with van der Waals surface area (Å²) in [7, 11) is 0. The minimum Gasteiger partial charge on any atom is -0.269 e. The Morgan fingerprint density at radius 3 is 2.47 bits per heavy atom. The minimum absolute atomic E-state index is 0.265. The van der Waals surface area contributed by atoms with Gasteiger partial charge in [0.05, 0.1) is 0 Å². The van der Waals surface area contributed by atoms with Crippen LogP contribution in [0.15, 0.2) is 12.2 Å². The highest BCUT2D eigenvalue weighted by atomic mass is 15.4. The summed E-state index contributed by atoms with van der Waals surface area (Å²) in [4.78, 5) is 0. The SMILES string of the molecule is CC1(C)C=CCC(C)(C)C1C1CCCCN1N. The molecule has 1 saturated heterocycles. The molecule has 1 aliphatic heterocycles. The molecule has 98 valence electrons. The van der Waals surface area contributed by atoms with Gasteiger partial charge in [0.1, 0.15) is 0 Å². The summed E-state index contributed by atoms with van der Waals surface area (Å²) in [5.74, 6) is 6.92. The van der Waals surface area contributed by atoms with Crippen LogP contribution in [-0.2, 0) is 0 Å². The van der Waals surface area contributed by atoms with Crippen LogP contribution in [0.4, 0.5) is 0 Å². The molecule has 1 fully saturated rings. The van der Waals surface area contributed by atoms with Crippen LogP contribution in [0.3, 0.4) is 0 Å². The molecule has 2 rings (SSSR count). The van der Waals surface area contributed by atoms with Crippen molar-refractivity contribution in [2.75, 3.05) is 6.54 Å². The number of allylic oxidation sites excluding steroid dienone is 2. The number of nitrogens with zero attached hydrogens (tertiary/aromatic N) is 1. The molecule has 1 heterocycles. The van der Waals surface area contributed by atoms with E-state index < -0.39 is 0 Å². The molecule has 0 bridgehead atoms. The third-order valence-electron chi connectivity index (χ3n) is 4.81. The van der Waals surface area contributed by atoms with E-state index in [9.17, 15) is 0 Å². The normalized spacial score (nSPS) is 37.0. The highest BCUT2D eigenvalue weighted by Gasteiger charge is 2.47. The lowest BCUT2D eigenvalue weighted by Gasteiger charge is -2.53. The van der Waals surface area contributed by atoms with Crippen molar-refractivity contribution in [3.63, 3.8) is 0 Å². The predicted molar refractivity (Wildman–Crippen MR) is 73.3 cm³/mol. The molecule has 1 aliphatic carbocycles. The summed E-state index contributed by atoms with van der Waals surface area (Å²) in [5, 5.41) is 2.12. The molecule has 2 atom stereocenters. The lowest BCUT2D eigenvalue weighted by molar-refractivity contribution is -0.0184. The zero-order valence-electron chi connectivity index (χ0n) is 11.9. The van der Waals surface area contributed by atoms with Crippen LogP contribution in [0.25, 0.3) is 0 Å². The van der Waals surface area contributed by atoms with Gasteiger partial charge in [-0.25, -0.2) is 5.01 Å². The van der Waals surface area contributed by atoms with Crippen molar-refractivity contribution in [1.82, 2.24) is 5.01 Å².